The zero-order valence-electron chi connectivity index (χ0n) is 11.7. The molecule has 21 heavy (non-hydrogen) atoms. The average Bonchev–Trinajstić information content (AvgIpc) is 2.52. The summed E-state index contributed by atoms with van der Waals surface area (Å²) < 4.78 is 27.0. The number of nitrogens with zero attached hydrogens (tertiary/aromatic N) is 3. The summed E-state index contributed by atoms with van der Waals surface area (Å²) in [6.45, 7) is 2.13. The van der Waals surface area contributed by atoms with Crippen LogP contribution in [-0.4, -0.2) is 28.0 Å². The lowest BCUT2D eigenvalue weighted by Gasteiger charge is -2.32. The van der Waals surface area contributed by atoms with Crippen LogP contribution >= 0.6 is 0 Å². The van der Waals surface area contributed by atoms with E-state index in [0.29, 0.717) is 18.0 Å². The molecule has 1 aliphatic rings. The number of halogens is 2. The molecule has 1 unspecified atom stereocenters. The first-order chi connectivity index (χ1) is 10.2. The van der Waals surface area contributed by atoms with Gasteiger partial charge in [-0.25, -0.2) is 8.78 Å². The van der Waals surface area contributed by atoms with Gasteiger partial charge in [0.1, 0.15) is 11.6 Å². The van der Waals surface area contributed by atoms with E-state index >= 15 is 0 Å². The average molecular weight is 289 g/mol. The molecule has 0 amide bonds. The Labute approximate surface area is 122 Å². The Hall–Kier alpha value is -1.88. The third-order valence-corrected chi connectivity index (χ3v) is 3.91. The van der Waals surface area contributed by atoms with E-state index in [1.165, 1.54) is 12.1 Å². The summed E-state index contributed by atoms with van der Waals surface area (Å²) in [6, 6.07) is 3.62. The van der Waals surface area contributed by atoms with Crippen molar-refractivity contribution in [1.29, 1.82) is 0 Å². The molecule has 1 aliphatic heterocycles. The largest absolute Gasteiger partial charge is 0.298 e. The van der Waals surface area contributed by atoms with Crippen LogP contribution in [0.25, 0.3) is 0 Å². The predicted molar refractivity (Wildman–Crippen MR) is 75.6 cm³/mol. The molecular formula is C16H17F2N3. The Morgan fingerprint density at radius 1 is 1.24 bits per heavy atom. The van der Waals surface area contributed by atoms with Crippen molar-refractivity contribution >= 4 is 0 Å². The minimum atomic E-state index is -0.395. The van der Waals surface area contributed by atoms with Gasteiger partial charge in [0.05, 0.1) is 5.69 Å². The Balaban J connectivity index is 1.70. The molecule has 0 saturated carbocycles. The number of rotatable bonds is 3. The van der Waals surface area contributed by atoms with Crippen LogP contribution < -0.4 is 0 Å². The fourth-order valence-corrected chi connectivity index (χ4v) is 2.87. The smallest absolute Gasteiger partial charge is 0.127 e. The van der Waals surface area contributed by atoms with Crippen molar-refractivity contribution in [3.05, 3.63) is 59.7 Å². The summed E-state index contributed by atoms with van der Waals surface area (Å²) in [6.07, 6.45) is 7.22. The molecule has 3 nitrogen and oxygen atoms in total. The van der Waals surface area contributed by atoms with Crippen molar-refractivity contribution < 1.29 is 8.78 Å². The Morgan fingerprint density at radius 2 is 2.14 bits per heavy atom. The van der Waals surface area contributed by atoms with Crippen molar-refractivity contribution in [2.75, 3.05) is 13.1 Å². The Bertz CT molecular complexity index is 604. The third-order valence-electron chi connectivity index (χ3n) is 3.91. The second-order valence-corrected chi connectivity index (χ2v) is 5.44. The van der Waals surface area contributed by atoms with Gasteiger partial charge in [-0.05, 0) is 37.6 Å². The lowest BCUT2D eigenvalue weighted by molar-refractivity contribution is 0.196. The first-order valence-corrected chi connectivity index (χ1v) is 7.14. The van der Waals surface area contributed by atoms with Crippen LogP contribution in [0, 0.1) is 11.6 Å². The van der Waals surface area contributed by atoms with E-state index in [1.807, 2.05) is 0 Å². The molecule has 5 heteroatoms. The van der Waals surface area contributed by atoms with Gasteiger partial charge in [-0.3, -0.25) is 14.9 Å². The summed E-state index contributed by atoms with van der Waals surface area (Å²) >= 11 is 0. The molecule has 2 aromatic rings. The van der Waals surface area contributed by atoms with Crippen molar-refractivity contribution in [2.24, 2.45) is 0 Å². The number of hydrogen-bond donors (Lipinski definition) is 0. The van der Waals surface area contributed by atoms with Crippen LogP contribution in [0.4, 0.5) is 8.78 Å². The predicted octanol–water partition coefficient (Wildman–Crippen LogP) is 3.13. The number of aromatic nitrogens is 2. The molecule has 110 valence electrons. The van der Waals surface area contributed by atoms with Gasteiger partial charge >= 0.3 is 0 Å². The molecule has 0 bridgehead atoms. The van der Waals surface area contributed by atoms with Crippen LogP contribution in [0.5, 0.6) is 0 Å². The van der Waals surface area contributed by atoms with Crippen molar-refractivity contribution in [2.45, 2.75) is 25.3 Å². The molecule has 2 heterocycles. The highest BCUT2D eigenvalue weighted by atomic mass is 19.1. The van der Waals surface area contributed by atoms with Crippen molar-refractivity contribution in [1.82, 2.24) is 14.9 Å². The maximum absolute atomic E-state index is 13.7. The molecule has 1 aromatic carbocycles. The molecule has 0 N–H and O–H groups in total. The summed E-state index contributed by atoms with van der Waals surface area (Å²) in [5, 5.41) is 0. The van der Waals surface area contributed by atoms with E-state index < -0.39 is 5.82 Å². The van der Waals surface area contributed by atoms with E-state index in [9.17, 15) is 8.78 Å². The lowest BCUT2D eigenvalue weighted by Crippen LogP contribution is -2.34. The maximum atomic E-state index is 13.7. The number of piperidine rings is 1. The van der Waals surface area contributed by atoms with E-state index in [2.05, 4.69) is 14.9 Å². The molecule has 0 spiro atoms. The third kappa shape index (κ3) is 3.42. The van der Waals surface area contributed by atoms with Crippen LogP contribution in [0.15, 0.2) is 36.8 Å². The second kappa shape index (κ2) is 6.26. The van der Waals surface area contributed by atoms with E-state index in [0.717, 1.165) is 37.7 Å². The van der Waals surface area contributed by atoms with Gasteiger partial charge in [-0.2, -0.15) is 0 Å². The molecular weight excluding hydrogens is 272 g/mol. The van der Waals surface area contributed by atoms with Crippen LogP contribution in [0.2, 0.25) is 0 Å². The van der Waals surface area contributed by atoms with Gasteiger partial charge in [0.2, 0.25) is 0 Å². The fraction of sp³-hybridized carbons (Fsp3) is 0.375. The van der Waals surface area contributed by atoms with Crippen molar-refractivity contribution in [3.8, 4) is 0 Å². The van der Waals surface area contributed by atoms with Crippen molar-refractivity contribution in [3.63, 3.8) is 0 Å². The quantitative estimate of drug-likeness (QED) is 0.869. The number of hydrogen-bond acceptors (Lipinski definition) is 3. The highest BCUT2D eigenvalue weighted by Gasteiger charge is 2.23. The number of benzene rings is 1. The Kier molecular flexibility index (Phi) is 4.20. The monoisotopic (exact) mass is 289 g/mol. The molecule has 1 fully saturated rings. The number of likely N-dealkylation sites (tertiary alicyclic amines) is 1. The lowest BCUT2D eigenvalue weighted by atomic mass is 9.94. The van der Waals surface area contributed by atoms with E-state index in [4.69, 9.17) is 0 Å². The Morgan fingerprint density at radius 3 is 2.95 bits per heavy atom. The first kappa shape index (κ1) is 14.1. The summed E-state index contributed by atoms with van der Waals surface area (Å²) in [4.78, 5) is 10.6. The maximum Gasteiger partial charge on any atom is 0.127 e. The highest BCUT2D eigenvalue weighted by Crippen LogP contribution is 2.26. The highest BCUT2D eigenvalue weighted by molar-refractivity contribution is 5.19. The standard InChI is InChI=1S/C16H17F2N3/c17-14-3-4-15(18)13(8-14)11-21-7-1-2-12(10-21)16-9-19-5-6-20-16/h3-6,8-9,12H,1-2,7,10-11H2. The van der Waals surface area contributed by atoms with E-state index in [-0.39, 0.29) is 5.82 Å². The molecule has 1 aromatic heterocycles. The van der Waals surface area contributed by atoms with Crippen LogP contribution in [0.3, 0.4) is 0 Å². The second-order valence-electron chi connectivity index (χ2n) is 5.44. The van der Waals surface area contributed by atoms with Gasteiger partial charge in [0.25, 0.3) is 0 Å². The minimum Gasteiger partial charge on any atom is -0.298 e. The van der Waals surface area contributed by atoms with Gasteiger partial charge in [0.15, 0.2) is 0 Å². The zero-order valence-corrected chi connectivity index (χ0v) is 11.7. The van der Waals surface area contributed by atoms with Crippen LogP contribution in [-0.2, 0) is 6.54 Å². The fourth-order valence-electron chi connectivity index (χ4n) is 2.87. The summed E-state index contributed by atoms with van der Waals surface area (Å²) in [7, 11) is 0. The minimum absolute atomic E-state index is 0.309. The normalized spacial score (nSPS) is 19.6. The molecule has 3 rings (SSSR count). The molecule has 1 saturated heterocycles. The topological polar surface area (TPSA) is 29.0 Å². The summed E-state index contributed by atoms with van der Waals surface area (Å²) in [5.74, 6) is -0.434. The first-order valence-electron chi connectivity index (χ1n) is 7.14. The molecule has 0 radical (unpaired) electrons. The molecule has 1 atom stereocenters. The van der Waals surface area contributed by atoms with Gasteiger partial charge in [0, 0.05) is 43.2 Å². The molecule has 0 aliphatic carbocycles. The SMILES string of the molecule is Fc1ccc(F)c(CN2CCCC(c3cnccn3)C2)c1. The van der Waals surface area contributed by atoms with Gasteiger partial charge < -0.3 is 0 Å². The van der Waals surface area contributed by atoms with Gasteiger partial charge in [-0.15, -0.1) is 0 Å². The zero-order chi connectivity index (χ0) is 14.7. The van der Waals surface area contributed by atoms with Gasteiger partial charge in [-0.1, -0.05) is 0 Å². The van der Waals surface area contributed by atoms with E-state index in [1.54, 1.807) is 18.6 Å². The van der Waals surface area contributed by atoms with Crippen LogP contribution in [0.1, 0.15) is 30.0 Å². The summed E-state index contributed by atoms with van der Waals surface area (Å²) in [5.41, 5.74) is 1.39.